The summed E-state index contributed by atoms with van der Waals surface area (Å²) in [6, 6.07) is 3.88. The van der Waals surface area contributed by atoms with Crippen LogP contribution in [0.15, 0.2) is 22.7 Å². The SMILES string of the molecule is Cl.NCC(F)(F)CNC(=O)Cc1ccc([N+](=O)[O-])cc1Br. The standard InChI is InChI=1S/C11H12BrF2N3O3.ClH/c12-9-4-8(17(19)20)2-1-7(9)3-10(18)16-6-11(13,14)5-15;/h1-2,4H,3,5-6,15H2,(H,16,18);1H. The molecule has 0 saturated carbocycles. The fourth-order valence-electron chi connectivity index (χ4n) is 1.33. The maximum Gasteiger partial charge on any atom is 0.277 e. The van der Waals surface area contributed by atoms with E-state index >= 15 is 0 Å². The summed E-state index contributed by atoms with van der Waals surface area (Å²) in [5, 5.41) is 12.6. The fraction of sp³-hybridized carbons (Fsp3) is 0.364. The molecule has 0 aliphatic rings. The van der Waals surface area contributed by atoms with Crippen LogP contribution >= 0.6 is 28.3 Å². The zero-order valence-electron chi connectivity index (χ0n) is 10.6. The van der Waals surface area contributed by atoms with Gasteiger partial charge in [0.05, 0.1) is 24.4 Å². The molecule has 3 N–H and O–H groups in total. The van der Waals surface area contributed by atoms with Crippen molar-refractivity contribution in [3.63, 3.8) is 0 Å². The molecule has 1 rings (SSSR count). The van der Waals surface area contributed by atoms with E-state index in [1.165, 1.54) is 18.2 Å². The van der Waals surface area contributed by atoms with Crippen molar-refractivity contribution in [2.24, 2.45) is 5.73 Å². The Kier molecular flexibility index (Phi) is 7.69. The van der Waals surface area contributed by atoms with Gasteiger partial charge >= 0.3 is 0 Å². The predicted molar refractivity (Wildman–Crippen MR) is 78.8 cm³/mol. The zero-order chi connectivity index (χ0) is 15.3. The van der Waals surface area contributed by atoms with E-state index in [0.29, 0.717) is 10.0 Å². The highest BCUT2D eigenvalue weighted by Crippen LogP contribution is 2.23. The van der Waals surface area contributed by atoms with Crippen LogP contribution in [0.5, 0.6) is 0 Å². The van der Waals surface area contributed by atoms with Crippen molar-refractivity contribution in [1.29, 1.82) is 0 Å². The fourth-order valence-corrected chi connectivity index (χ4v) is 1.84. The van der Waals surface area contributed by atoms with E-state index < -0.39 is 29.8 Å². The molecule has 0 atom stereocenters. The lowest BCUT2D eigenvalue weighted by molar-refractivity contribution is -0.384. The normalized spacial score (nSPS) is 10.7. The van der Waals surface area contributed by atoms with Gasteiger partial charge in [0.2, 0.25) is 5.91 Å². The first-order valence-electron chi connectivity index (χ1n) is 5.52. The van der Waals surface area contributed by atoms with Crippen LogP contribution in [0, 0.1) is 10.1 Å². The van der Waals surface area contributed by atoms with E-state index in [2.05, 4.69) is 21.2 Å². The first-order chi connectivity index (χ1) is 9.25. The molecule has 0 fully saturated rings. The lowest BCUT2D eigenvalue weighted by atomic mass is 10.1. The number of nitro benzene ring substituents is 1. The Morgan fingerprint density at radius 1 is 1.48 bits per heavy atom. The van der Waals surface area contributed by atoms with Crippen LogP contribution < -0.4 is 11.1 Å². The molecule has 0 spiro atoms. The molecule has 0 saturated heterocycles. The van der Waals surface area contributed by atoms with Crippen LogP contribution in [0.4, 0.5) is 14.5 Å². The summed E-state index contributed by atoms with van der Waals surface area (Å²) in [6.45, 7) is -1.69. The van der Waals surface area contributed by atoms with Gasteiger partial charge in [-0.05, 0) is 5.56 Å². The number of nitrogens with two attached hydrogens (primary N) is 1. The molecule has 6 nitrogen and oxygen atoms in total. The van der Waals surface area contributed by atoms with Crippen molar-refractivity contribution in [1.82, 2.24) is 5.32 Å². The quantitative estimate of drug-likeness (QED) is 0.575. The highest BCUT2D eigenvalue weighted by atomic mass is 79.9. The second-order valence-electron chi connectivity index (χ2n) is 4.05. The summed E-state index contributed by atoms with van der Waals surface area (Å²) in [4.78, 5) is 21.5. The number of amides is 1. The van der Waals surface area contributed by atoms with Crippen LogP contribution in [0.3, 0.4) is 0 Å². The van der Waals surface area contributed by atoms with Gasteiger partial charge in [0.1, 0.15) is 0 Å². The molecular formula is C11H13BrClF2N3O3. The number of benzene rings is 1. The second-order valence-corrected chi connectivity index (χ2v) is 4.90. The number of carbonyl (C=O) groups excluding carboxylic acids is 1. The van der Waals surface area contributed by atoms with Crippen LogP contribution in [-0.4, -0.2) is 29.8 Å². The van der Waals surface area contributed by atoms with E-state index in [9.17, 15) is 23.7 Å². The highest BCUT2D eigenvalue weighted by molar-refractivity contribution is 9.10. The van der Waals surface area contributed by atoms with Gasteiger partial charge < -0.3 is 11.1 Å². The van der Waals surface area contributed by atoms with Crippen LogP contribution in [-0.2, 0) is 11.2 Å². The number of carbonyl (C=O) groups is 1. The van der Waals surface area contributed by atoms with E-state index in [-0.39, 0.29) is 24.5 Å². The Morgan fingerprint density at radius 2 is 2.10 bits per heavy atom. The molecule has 0 bridgehead atoms. The van der Waals surface area contributed by atoms with Gasteiger partial charge in [-0.3, -0.25) is 14.9 Å². The van der Waals surface area contributed by atoms with Crippen molar-refractivity contribution < 1.29 is 18.5 Å². The monoisotopic (exact) mass is 387 g/mol. The van der Waals surface area contributed by atoms with Gasteiger partial charge in [0.25, 0.3) is 11.6 Å². The van der Waals surface area contributed by atoms with Crippen molar-refractivity contribution in [2.45, 2.75) is 12.3 Å². The molecule has 1 amide bonds. The van der Waals surface area contributed by atoms with Gasteiger partial charge in [0, 0.05) is 16.6 Å². The molecule has 118 valence electrons. The van der Waals surface area contributed by atoms with Gasteiger partial charge in [-0.15, -0.1) is 12.4 Å². The number of hydrogen-bond donors (Lipinski definition) is 2. The summed E-state index contributed by atoms with van der Waals surface area (Å²) in [5.41, 5.74) is 5.17. The van der Waals surface area contributed by atoms with E-state index in [0.717, 1.165) is 0 Å². The molecule has 21 heavy (non-hydrogen) atoms. The summed E-state index contributed by atoms with van der Waals surface area (Å²) >= 11 is 3.10. The Balaban J connectivity index is 0.00000400. The highest BCUT2D eigenvalue weighted by Gasteiger charge is 2.27. The Labute approximate surface area is 133 Å². The molecule has 10 heteroatoms. The molecule has 0 heterocycles. The first kappa shape index (κ1) is 19.7. The summed E-state index contributed by atoms with van der Waals surface area (Å²) in [6.07, 6.45) is -0.167. The second kappa shape index (κ2) is 8.20. The van der Waals surface area contributed by atoms with Gasteiger partial charge in [-0.2, -0.15) is 0 Å². The number of alkyl halides is 2. The Morgan fingerprint density at radius 3 is 2.57 bits per heavy atom. The molecule has 0 aliphatic carbocycles. The summed E-state index contributed by atoms with van der Waals surface area (Å²) in [5.74, 6) is -3.77. The van der Waals surface area contributed by atoms with E-state index in [4.69, 9.17) is 5.73 Å². The lowest BCUT2D eigenvalue weighted by Crippen LogP contribution is -2.42. The minimum absolute atomic E-state index is 0. The predicted octanol–water partition coefficient (Wildman–Crippen LogP) is 2.03. The van der Waals surface area contributed by atoms with Gasteiger partial charge in [-0.1, -0.05) is 22.0 Å². The molecular weight excluding hydrogens is 375 g/mol. The number of nitrogens with one attached hydrogen (secondary N) is 1. The number of nitrogens with zero attached hydrogens (tertiary/aromatic N) is 1. The largest absolute Gasteiger partial charge is 0.350 e. The number of halogens is 4. The summed E-state index contributed by atoms with van der Waals surface area (Å²) in [7, 11) is 0. The van der Waals surface area contributed by atoms with Crippen LogP contribution in [0.2, 0.25) is 0 Å². The minimum Gasteiger partial charge on any atom is -0.350 e. The van der Waals surface area contributed by atoms with Crippen molar-refractivity contribution >= 4 is 39.9 Å². The molecule has 0 aromatic heterocycles. The molecule has 1 aromatic rings. The third-order valence-electron chi connectivity index (χ3n) is 2.44. The summed E-state index contributed by atoms with van der Waals surface area (Å²) < 4.78 is 26.1. The number of non-ortho nitro benzene ring substituents is 1. The average molecular weight is 389 g/mol. The molecule has 0 aliphatic heterocycles. The third kappa shape index (κ3) is 6.32. The Bertz CT molecular complexity index is 531. The molecule has 0 unspecified atom stereocenters. The van der Waals surface area contributed by atoms with E-state index in [1.807, 2.05) is 0 Å². The molecule has 0 radical (unpaired) electrons. The van der Waals surface area contributed by atoms with Crippen LogP contribution in [0.25, 0.3) is 0 Å². The van der Waals surface area contributed by atoms with Crippen LogP contribution in [0.1, 0.15) is 5.56 Å². The smallest absolute Gasteiger partial charge is 0.277 e. The number of hydrogen-bond acceptors (Lipinski definition) is 4. The maximum absolute atomic E-state index is 12.8. The Hall–Kier alpha value is -1.32. The minimum atomic E-state index is -3.15. The van der Waals surface area contributed by atoms with E-state index in [1.54, 1.807) is 0 Å². The first-order valence-corrected chi connectivity index (χ1v) is 6.32. The van der Waals surface area contributed by atoms with Crippen molar-refractivity contribution in [3.05, 3.63) is 38.3 Å². The van der Waals surface area contributed by atoms with Crippen molar-refractivity contribution in [3.8, 4) is 0 Å². The topological polar surface area (TPSA) is 98.3 Å². The molecule has 1 aromatic carbocycles. The third-order valence-corrected chi connectivity index (χ3v) is 3.18. The zero-order valence-corrected chi connectivity index (χ0v) is 13.0. The average Bonchev–Trinajstić information content (AvgIpc) is 2.39. The maximum atomic E-state index is 12.8. The number of nitro groups is 1. The number of rotatable bonds is 6. The van der Waals surface area contributed by atoms with Gasteiger partial charge in [0.15, 0.2) is 0 Å². The lowest BCUT2D eigenvalue weighted by Gasteiger charge is -2.14. The van der Waals surface area contributed by atoms with Crippen molar-refractivity contribution in [2.75, 3.05) is 13.1 Å². The van der Waals surface area contributed by atoms with Gasteiger partial charge in [-0.25, -0.2) is 8.78 Å².